The predicted molar refractivity (Wildman–Crippen MR) is 101 cm³/mol. The minimum absolute atomic E-state index is 0.173. The zero-order chi connectivity index (χ0) is 18.9. The topological polar surface area (TPSA) is 55.4 Å². The van der Waals surface area contributed by atoms with Gasteiger partial charge in [-0.05, 0) is 36.2 Å². The van der Waals surface area contributed by atoms with Crippen molar-refractivity contribution in [1.82, 2.24) is 5.32 Å². The molecule has 26 heavy (non-hydrogen) atoms. The third-order valence-corrected chi connectivity index (χ3v) is 5.01. The van der Waals surface area contributed by atoms with Gasteiger partial charge in [0.25, 0.3) is 5.91 Å². The summed E-state index contributed by atoms with van der Waals surface area (Å²) >= 11 is 7.48. The maximum absolute atomic E-state index is 13.4. The van der Waals surface area contributed by atoms with Crippen LogP contribution in [0, 0.1) is 12.7 Å². The Labute approximate surface area is 161 Å². The Kier molecular flexibility index (Phi) is 7.94. The summed E-state index contributed by atoms with van der Waals surface area (Å²) < 4.78 is 18.4. The minimum atomic E-state index is -0.457. The highest BCUT2D eigenvalue weighted by Crippen LogP contribution is 2.26. The summed E-state index contributed by atoms with van der Waals surface area (Å²) in [5.74, 6) is -0.703. The van der Waals surface area contributed by atoms with Gasteiger partial charge in [-0.2, -0.15) is 0 Å². The highest BCUT2D eigenvalue weighted by molar-refractivity contribution is 7.99. The van der Waals surface area contributed by atoms with Crippen molar-refractivity contribution < 1.29 is 18.7 Å². The molecule has 0 heterocycles. The molecule has 2 rings (SSSR count). The average Bonchev–Trinajstić information content (AvgIpc) is 2.62. The first-order chi connectivity index (χ1) is 12.5. The second-order valence-corrected chi connectivity index (χ2v) is 7.09. The highest BCUT2D eigenvalue weighted by Gasteiger charge is 2.09. The SMILES string of the molecule is Cc1ccc(CNC(=O)COC(=O)CCSc2ccccc2Cl)cc1F. The quantitative estimate of drug-likeness (QED) is 0.539. The molecule has 0 saturated carbocycles. The first-order valence-electron chi connectivity index (χ1n) is 8.00. The largest absolute Gasteiger partial charge is 0.456 e. The Hall–Kier alpha value is -2.05. The summed E-state index contributed by atoms with van der Waals surface area (Å²) in [7, 11) is 0. The van der Waals surface area contributed by atoms with Gasteiger partial charge in [-0.1, -0.05) is 35.9 Å². The Morgan fingerprint density at radius 3 is 2.73 bits per heavy atom. The molecule has 0 saturated heterocycles. The smallest absolute Gasteiger partial charge is 0.307 e. The fourth-order valence-electron chi connectivity index (χ4n) is 2.02. The van der Waals surface area contributed by atoms with Crippen LogP contribution in [0.5, 0.6) is 0 Å². The number of carbonyl (C=O) groups is 2. The third kappa shape index (κ3) is 6.69. The molecule has 0 radical (unpaired) electrons. The van der Waals surface area contributed by atoms with Crippen LogP contribution in [0.15, 0.2) is 47.4 Å². The molecule has 0 aliphatic heterocycles. The molecule has 0 unspecified atom stereocenters. The van der Waals surface area contributed by atoms with Crippen LogP contribution in [0.3, 0.4) is 0 Å². The van der Waals surface area contributed by atoms with E-state index in [2.05, 4.69) is 5.32 Å². The lowest BCUT2D eigenvalue weighted by atomic mass is 10.1. The van der Waals surface area contributed by atoms with Crippen molar-refractivity contribution in [3.05, 3.63) is 64.4 Å². The van der Waals surface area contributed by atoms with Crippen LogP contribution in [-0.2, 0) is 20.9 Å². The highest BCUT2D eigenvalue weighted by atomic mass is 35.5. The number of carbonyl (C=O) groups excluding carboxylic acids is 2. The molecule has 0 atom stereocenters. The van der Waals surface area contributed by atoms with Crippen molar-refractivity contribution in [2.45, 2.75) is 24.8 Å². The van der Waals surface area contributed by atoms with Gasteiger partial charge in [-0.15, -0.1) is 11.8 Å². The molecule has 1 amide bonds. The van der Waals surface area contributed by atoms with Gasteiger partial charge in [0.1, 0.15) is 5.82 Å². The number of rotatable bonds is 8. The normalized spacial score (nSPS) is 10.4. The maximum Gasteiger partial charge on any atom is 0.307 e. The number of halogens is 2. The summed E-state index contributed by atoms with van der Waals surface area (Å²) in [5, 5.41) is 3.22. The van der Waals surface area contributed by atoms with E-state index in [1.807, 2.05) is 18.2 Å². The molecule has 0 spiro atoms. The predicted octanol–water partition coefficient (Wildman–Crippen LogP) is 4.13. The van der Waals surface area contributed by atoms with E-state index in [0.29, 0.717) is 21.9 Å². The maximum atomic E-state index is 13.4. The number of hydrogen-bond acceptors (Lipinski definition) is 4. The molecule has 138 valence electrons. The van der Waals surface area contributed by atoms with Gasteiger partial charge in [0.05, 0.1) is 11.4 Å². The number of esters is 1. The van der Waals surface area contributed by atoms with Gasteiger partial charge in [0.15, 0.2) is 6.61 Å². The standard InChI is InChI=1S/C19H19ClFNO3S/c1-13-6-7-14(10-16(13)21)11-22-18(23)12-25-19(24)8-9-26-17-5-3-2-4-15(17)20/h2-7,10H,8-9,11-12H2,1H3,(H,22,23). The van der Waals surface area contributed by atoms with Gasteiger partial charge in [0.2, 0.25) is 0 Å². The van der Waals surface area contributed by atoms with Gasteiger partial charge in [0, 0.05) is 17.2 Å². The number of benzene rings is 2. The molecule has 2 aromatic carbocycles. The van der Waals surface area contributed by atoms with E-state index in [9.17, 15) is 14.0 Å². The summed E-state index contributed by atoms with van der Waals surface area (Å²) in [6.07, 6.45) is 0.173. The second-order valence-electron chi connectivity index (χ2n) is 5.55. The number of hydrogen-bond donors (Lipinski definition) is 1. The number of nitrogens with one attached hydrogen (secondary N) is 1. The Morgan fingerprint density at radius 1 is 1.23 bits per heavy atom. The van der Waals surface area contributed by atoms with Crippen molar-refractivity contribution in [3.8, 4) is 0 Å². The average molecular weight is 396 g/mol. The second kappa shape index (κ2) is 10.2. The molecule has 0 aromatic heterocycles. The van der Waals surface area contributed by atoms with E-state index in [-0.39, 0.29) is 25.4 Å². The minimum Gasteiger partial charge on any atom is -0.456 e. The Bertz CT molecular complexity index is 785. The molecular weight excluding hydrogens is 377 g/mol. The van der Waals surface area contributed by atoms with Crippen LogP contribution in [0.2, 0.25) is 5.02 Å². The lowest BCUT2D eigenvalue weighted by Crippen LogP contribution is -2.28. The van der Waals surface area contributed by atoms with E-state index in [1.54, 1.807) is 25.1 Å². The third-order valence-electron chi connectivity index (χ3n) is 3.49. The van der Waals surface area contributed by atoms with E-state index < -0.39 is 11.9 Å². The molecule has 4 nitrogen and oxygen atoms in total. The summed E-state index contributed by atoms with van der Waals surface area (Å²) in [6, 6.07) is 12.1. The molecule has 2 aromatic rings. The fourth-order valence-corrected chi connectivity index (χ4v) is 3.19. The number of thioether (sulfide) groups is 1. The number of ether oxygens (including phenoxy) is 1. The number of aryl methyl sites for hydroxylation is 1. The van der Waals surface area contributed by atoms with Gasteiger partial charge >= 0.3 is 5.97 Å². The molecule has 0 aliphatic rings. The van der Waals surface area contributed by atoms with E-state index in [0.717, 1.165) is 4.90 Å². The van der Waals surface area contributed by atoms with Crippen LogP contribution >= 0.6 is 23.4 Å². The Morgan fingerprint density at radius 2 is 2.00 bits per heavy atom. The van der Waals surface area contributed by atoms with Crippen molar-refractivity contribution in [2.24, 2.45) is 0 Å². The Balaban J connectivity index is 1.64. The van der Waals surface area contributed by atoms with Crippen LogP contribution in [0.4, 0.5) is 4.39 Å². The van der Waals surface area contributed by atoms with Crippen LogP contribution in [0.25, 0.3) is 0 Å². The lowest BCUT2D eigenvalue weighted by molar-refractivity contribution is -0.148. The van der Waals surface area contributed by atoms with Gasteiger partial charge in [-0.3, -0.25) is 9.59 Å². The summed E-state index contributed by atoms with van der Waals surface area (Å²) in [6.45, 7) is 1.49. The molecule has 0 bridgehead atoms. The monoisotopic (exact) mass is 395 g/mol. The zero-order valence-corrected chi connectivity index (χ0v) is 15.8. The van der Waals surface area contributed by atoms with Gasteiger partial charge < -0.3 is 10.1 Å². The molecule has 7 heteroatoms. The van der Waals surface area contributed by atoms with Crippen LogP contribution in [0.1, 0.15) is 17.5 Å². The number of amides is 1. The fraction of sp³-hybridized carbons (Fsp3) is 0.263. The summed E-state index contributed by atoms with van der Waals surface area (Å²) in [5.41, 5.74) is 1.19. The molecule has 0 fully saturated rings. The van der Waals surface area contributed by atoms with E-state index in [1.165, 1.54) is 17.8 Å². The van der Waals surface area contributed by atoms with Crippen LogP contribution < -0.4 is 5.32 Å². The van der Waals surface area contributed by atoms with Crippen LogP contribution in [-0.4, -0.2) is 24.2 Å². The van der Waals surface area contributed by atoms with E-state index >= 15 is 0 Å². The summed E-state index contributed by atoms with van der Waals surface area (Å²) in [4.78, 5) is 24.3. The first-order valence-corrected chi connectivity index (χ1v) is 9.36. The first kappa shape index (κ1) is 20.3. The zero-order valence-electron chi connectivity index (χ0n) is 14.3. The van der Waals surface area contributed by atoms with Crippen molar-refractivity contribution in [3.63, 3.8) is 0 Å². The van der Waals surface area contributed by atoms with E-state index in [4.69, 9.17) is 16.3 Å². The molecular formula is C19H19ClFNO3S. The van der Waals surface area contributed by atoms with Crippen molar-refractivity contribution >= 4 is 35.2 Å². The molecule has 1 N–H and O–H groups in total. The lowest BCUT2D eigenvalue weighted by Gasteiger charge is -2.08. The van der Waals surface area contributed by atoms with Crippen molar-refractivity contribution in [1.29, 1.82) is 0 Å². The molecule has 0 aliphatic carbocycles. The van der Waals surface area contributed by atoms with Gasteiger partial charge in [-0.25, -0.2) is 4.39 Å². The van der Waals surface area contributed by atoms with Crippen molar-refractivity contribution in [2.75, 3.05) is 12.4 Å².